The molecular formula is C15H16ClN5O5. The molecule has 1 fully saturated rings. The summed E-state index contributed by atoms with van der Waals surface area (Å²) in [4.78, 5) is 12.6. The summed E-state index contributed by atoms with van der Waals surface area (Å²) in [6.07, 6.45) is 0.0347. The Morgan fingerprint density at radius 2 is 2.08 bits per heavy atom. The maximum Gasteiger partial charge on any atom is 0.167 e. The minimum Gasteiger partial charge on any atom is -0.466 e. The van der Waals surface area contributed by atoms with Crippen LogP contribution in [0.25, 0.3) is 11.2 Å². The predicted molar refractivity (Wildman–Crippen MR) is 89.4 cm³/mol. The van der Waals surface area contributed by atoms with Crippen LogP contribution in [-0.2, 0) is 11.3 Å². The number of ether oxygens (including phenoxy) is 1. The van der Waals surface area contributed by atoms with E-state index in [4.69, 9.17) is 20.8 Å². The molecule has 4 atom stereocenters. The topological polar surface area (TPSA) is 139 Å². The molecule has 26 heavy (non-hydrogen) atoms. The Morgan fingerprint density at radius 1 is 1.23 bits per heavy atom. The Labute approximate surface area is 152 Å². The first-order valence-corrected chi connectivity index (χ1v) is 8.23. The number of nitrogens with zero attached hydrogens (tertiary/aromatic N) is 4. The van der Waals surface area contributed by atoms with E-state index in [1.165, 1.54) is 23.5 Å². The van der Waals surface area contributed by atoms with E-state index in [0.29, 0.717) is 34.3 Å². The Balaban J connectivity index is 1.62. The number of furan rings is 1. The number of nitrogens with one attached hydrogen (secondary N) is 1. The van der Waals surface area contributed by atoms with Gasteiger partial charge in [0.1, 0.15) is 30.4 Å². The molecule has 0 aromatic carbocycles. The number of fused-ring (bicyclic) bond motifs is 1. The van der Waals surface area contributed by atoms with Gasteiger partial charge in [-0.05, 0) is 6.07 Å². The van der Waals surface area contributed by atoms with Gasteiger partial charge in [0.2, 0.25) is 0 Å². The van der Waals surface area contributed by atoms with E-state index < -0.39 is 31.1 Å². The van der Waals surface area contributed by atoms with Gasteiger partial charge in [-0.15, -0.1) is 0 Å². The summed E-state index contributed by atoms with van der Waals surface area (Å²) in [7, 11) is 0. The lowest BCUT2D eigenvalue weighted by molar-refractivity contribution is -0.0511. The van der Waals surface area contributed by atoms with E-state index in [-0.39, 0.29) is 0 Å². The zero-order valence-corrected chi connectivity index (χ0v) is 14.1. The molecule has 0 bridgehead atoms. The lowest BCUT2D eigenvalue weighted by Gasteiger charge is -2.16. The monoisotopic (exact) mass is 381 g/mol. The highest BCUT2D eigenvalue weighted by molar-refractivity contribution is 6.31. The first-order chi connectivity index (χ1) is 12.6. The van der Waals surface area contributed by atoms with Crippen molar-refractivity contribution in [2.75, 3.05) is 11.9 Å². The predicted octanol–water partition coefficient (Wildman–Crippen LogP) is 0.296. The van der Waals surface area contributed by atoms with Gasteiger partial charge in [0.15, 0.2) is 23.2 Å². The first-order valence-electron chi connectivity index (χ1n) is 7.86. The number of rotatable bonds is 5. The van der Waals surface area contributed by atoms with E-state index >= 15 is 0 Å². The highest BCUT2D eigenvalue weighted by atomic mass is 35.5. The van der Waals surface area contributed by atoms with Crippen LogP contribution in [0.15, 0.2) is 29.4 Å². The molecule has 11 heteroatoms. The van der Waals surface area contributed by atoms with Gasteiger partial charge < -0.3 is 29.8 Å². The van der Waals surface area contributed by atoms with E-state index in [9.17, 15) is 15.3 Å². The second kappa shape index (κ2) is 6.82. The minimum atomic E-state index is -1.22. The minimum absolute atomic E-state index is 0.304. The maximum absolute atomic E-state index is 10.2. The highest BCUT2D eigenvalue weighted by Crippen LogP contribution is 2.32. The first kappa shape index (κ1) is 17.2. The normalized spacial score (nSPS) is 25.8. The Morgan fingerprint density at radius 3 is 2.77 bits per heavy atom. The molecule has 1 aliphatic heterocycles. The molecule has 3 aromatic heterocycles. The average molecular weight is 382 g/mol. The number of aromatic nitrogens is 4. The van der Waals surface area contributed by atoms with Crippen molar-refractivity contribution < 1.29 is 24.5 Å². The van der Waals surface area contributed by atoms with Crippen molar-refractivity contribution >= 4 is 28.6 Å². The van der Waals surface area contributed by atoms with Gasteiger partial charge >= 0.3 is 0 Å². The fourth-order valence-corrected chi connectivity index (χ4v) is 3.06. The van der Waals surface area contributed by atoms with Crippen LogP contribution in [-0.4, -0.2) is 59.8 Å². The number of hydrogen-bond acceptors (Lipinski definition) is 9. The second-order valence-electron chi connectivity index (χ2n) is 5.82. The number of aliphatic hydroxyl groups is 3. The highest BCUT2D eigenvalue weighted by Gasteiger charge is 2.44. The molecule has 3 aromatic rings. The van der Waals surface area contributed by atoms with Crippen LogP contribution in [0.4, 0.5) is 5.82 Å². The third-order valence-electron chi connectivity index (χ3n) is 4.26. The van der Waals surface area contributed by atoms with Crippen LogP contribution in [0.2, 0.25) is 5.02 Å². The van der Waals surface area contributed by atoms with E-state index in [2.05, 4.69) is 20.3 Å². The lowest BCUT2D eigenvalue weighted by Crippen LogP contribution is -2.33. The molecule has 0 amide bonds. The number of halogens is 1. The van der Waals surface area contributed by atoms with Crippen LogP contribution < -0.4 is 5.32 Å². The molecule has 4 heterocycles. The molecule has 1 saturated heterocycles. The molecule has 10 nitrogen and oxygen atoms in total. The summed E-state index contributed by atoms with van der Waals surface area (Å²) in [5.41, 5.74) is 0.857. The summed E-state index contributed by atoms with van der Waals surface area (Å²) >= 11 is 6.00. The zero-order valence-electron chi connectivity index (χ0n) is 13.4. The molecule has 1 aliphatic rings. The Bertz CT molecular complexity index is 915. The van der Waals surface area contributed by atoms with Crippen molar-refractivity contribution in [3.63, 3.8) is 0 Å². The van der Waals surface area contributed by atoms with Crippen LogP contribution in [0, 0.1) is 0 Å². The number of imidazole rings is 1. The SMILES string of the molecule is OC[C@H]1O[C@@H](n2cnc3c(NCc4occc4Cl)ncnc32)[C@@H](O)[C@@H]1O. The summed E-state index contributed by atoms with van der Waals surface area (Å²) in [5, 5.41) is 32.9. The Hall–Kier alpha value is -2.24. The van der Waals surface area contributed by atoms with Gasteiger partial charge in [-0.3, -0.25) is 4.57 Å². The van der Waals surface area contributed by atoms with Crippen molar-refractivity contribution in [2.24, 2.45) is 0 Å². The van der Waals surface area contributed by atoms with Crippen molar-refractivity contribution in [1.29, 1.82) is 0 Å². The van der Waals surface area contributed by atoms with Crippen molar-refractivity contribution in [1.82, 2.24) is 19.5 Å². The zero-order chi connectivity index (χ0) is 18.3. The fourth-order valence-electron chi connectivity index (χ4n) is 2.89. The number of anilines is 1. The Kier molecular flexibility index (Phi) is 4.51. The standard InChI is InChI=1S/C15H16ClN5O5/c16-7-1-2-25-8(7)3-17-13-10-14(19-5-18-13)21(6-20-10)15-12(24)11(23)9(4-22)26-15/h1-2,5-6,9,11-12,15,22-24H,3-4H2,(H,17,18,19)/t9-,11-,12+,15-/m1/s1. The summed E-state index contributed by atoms with van der Waals surface area (Å²) in [6.45, 7) is -0.105. The molecule has 0 aliphatic carbocycles. The van der Waals surface area contributed by atoms with Crippen LogP contribution in [0.5, 0.6) is 0 Å². The van der Waals surface area contributed by atoms with Crippen molar-refractivity contribution in [2.45, 2.75) is 31.1 Å². The smallest absolute Gasteiger partial charge is 0.167 e. The molecular weight excluding hydrogens is 366 g/mol. The van der Waals surface area contributed by atoms with E-state index in [1.54, 1.807) is 6.07 Å². The van der Waals surface area contributed by atoms with E-state index in [1.807, 2.05) is 0 Å². The van der Waals surface area contributed by atoms with Crippen molar-refractivity contribution in [3.05, 3.63) is 35.8 Å². The van der Waals surface area contributed by atoms with E-state index in [0.717, 1.165) is 0 Å². The molecule has 4 rings (SSSR count). The summed E-state index contributed by atoms with van der Waals surface area (Å²) in [6, 6.07) is 1.64. The third kappa shape index (κ3) is 2.81. The molecule has 0 unspecified atom stereocenters. The van der Waals surface area contributed by atoms with Gasteiger partial charge in [0.25, 0.3) is 0 Å². The van der Waals surface area contributed by atoms with Crippen LogP contribution >= 0.6 is 11.6 Å². The quantitative estimate of drug-likeness (QED) is 0.491. The van der Waals surface area contributed by atoms with Crippen LogP contribution in [0.1, 0.15) is 12.0 Å². The number of aliphatic hydroxyl groups excluding tert-OH is 3. The van der Waals surface area contributed by atoms with Gasteiger partial charge in [-0.1, -0.05) is 11.6 Å². The van der Waals surface area contributed by atoms with Crippen molar-refractivity contribution in [3.8, 4) is 0 Å². The van der Waals surface area contributed by atoms with Gasteiger partial charge in [0.05, 0.1) is 30.8 Å². The summed E-state index contributed by atoms with van der Waals surface area (Å²) in [5.74, 6) is 1.01. The third-order valence-corrected chi connectivity index (χ3v) is 4.59. The molecule has 0 spiro atoms. The number of hydrogen-bond donors (Lipinski definition) is 4. The lowest BCUT2D eigenvalue weighted by atomic mass is 10.1. The largest absolute Gasteiger partial charge is 0.466 e. The summed E-state index contributed by atoms with van der Waals surface area (Å²) < 4.78 is 12.3. The fraction of sp³-hybridized carbons (Fsp3) is 0.400. The molecule has 4 N–H and O–H groups in total. The molecule has 0 saturated carbocycles. The van der Waals surface area contributed by atoms with Gasteiger partial charge in [0, 0.05) is 0 Å². The maximum atomic E-state index is 10.2. The van der Waals surface area contributed by atoms with Gasteiger partial charge in [-0.25, -0.2) is 15.0 Å². The molecule has 0 radical (unpaired) electrons. The van der Waals surface area contributed by atoms with Gasteiger partial charge in [-0.2, -0.15) is 0 Å². The average Bonchev–Trinajstić information content (AvgIpc) is 3.32. The second-order valence-corrected chi connectivity index (χ2v) is 6.23. The molecule has 138 valence electrons. The van der Waals surface area contributed by atoms with Crippen LogP contribution in [0.3, 0.4) is 0 Å².